The van der Waals surface area contributed by atoms with E-state index < -0.39 is 0 Å². The standard InChI is InChI=1S/C12H18N6O/c1-2-3-9(13)10-6-18(17-15-10)7-11-14-12(16-19-11)8-4-5-8/h6,8-9H,2-5,7,13H2,1H3. The molecule has 19 heavy (non-hydrogen) atoms. The van der Waals surface area contributed by atoms with Crippen LogP contribution < -0.4 is 5.73 Å². The Kier molecular flexibility index (Phi) is 3.29. The average Bonchev–Trinajstić information content (AvgIpc) is 2.97. The molecule has 2 aromatic rings. The highest BCUT2D eigenvalue weighted by atomic mass is 16.5. The summed E-state index contributed by atoms with van der Waals surface area (Å²) in [4.78, 5) is 4.36. The van der Waals surface area contributed by atoms with Crippen molar-refractivity contribution in [1.82, 2.24) is 25.1 Å². The van der Waals surface area contributed by atoms with Gasteiger partial charge in [-0.1, -0.05) is 23.7 Å². The van der Waals surface area contributed by atoms with Crippen LogP contribution in [0.5, 0.6) is 0 Å². The van der Waals surface area contributed by atoms with E-state index in [2.05, 4.69) is 27.4 Å². The fraction of sp³-hybridized carbons (Fsp3) is 0.667. The Morgan fingerprint density at radius 3 is 3.11 bits per heavy atom. The van der Waals surface area contributed by atoms with Gasteiger partial charge >= 0.3 is 0 Å². The monoisotopic (exact) mass is 262 g/mol. The molecule has 0 amide bonds. The minimum absolute atomic E-state index is 0.0524. The highest BCUT2D eigenvalue weighted by molar-refractivity contribution is 5.04. The van der Waals surface area contributed by atoms with Gasteiger partial charge in [-0.2, -0.15) is 4.98 Å². The van der Waals surface area contributed by atoms with Crippen LogP contribution in [-0.4, -0.2) is 25.1 Å². The van der Waals surface area contributed by atoms with Crippen molar-refractivity contribution in [1.29, 1.82) is 0 Å². The third kappa shape index (κ3) is 2.81. The normalized spacial score (nSPS) is 16.7. The molecule has 2 heterocycles. The Morgan fingerprint density at radius 2 is 2.37 bits per heavy atom. The Hall–Kier alpha value is -1.76. The highest BCUT2D eigenvalue weighted by Gasteiger charge is 2.28. The first-order valence-electron chi connectivity index (χ1n) is 6.74. The zero-order valence-corrected chi connectivity index (χ0v) is 11.0. The molecule has 0 aliphatic heterocycles. The van der Waals surface area contributed by atoms with Crippen molar-refractivity contribution < 1.29 is 4.52 Å². The van der Waals surface area contributed by atoms with Crippen LogP contribution in [0, 0.1) is 0 Å². The van der Waals surface area contributed by atoms with Crippen molar-refractivity contribution in [3.05, 3.63) is 23.6 Å². The van der Waals surface area contributed by atoms with E-state index in [4.69, 9.17) is 10.3 Å². The molecule has 3 rings (SSSR count). The van der Waals surface area contributed by atoms with Crippen LogP contribution in [-0.2, 0) is 6.54 Å². The first kappa shape index (κ1) is 12.3. The number of hydrogen-bond donors (Lipinski definition) is 1. The first-order valence-corrected chi connectivity index (χ1v) is 6.74. The summed E-state index contributed by atoms with van der Waals surface area (Å²) in [5.74, 6) is 1.89. The zero-order valence-electron chi connectivity index (χ0n) is 11.0. The van der Waals surface area contributed by atoms with Gasteiger partial charge in [0.15, 0.2) is 5.82 Å². The summed E-state index contributed by atoms with van der Waals surface area (Å²) in [5.41, 5.74) is 6.81. The van der Waals surface area contributed by atoms with Crippen LogP contribution in [0.15, 0.2) is 10.7 Å². The summed E-state index contributed by atoms with van der Waals surface area (Å²) >= 11 is 0. The second kappa shape index (κ2) is 5.08. The molecular weight excluding hydrogens is 244 g/mol. The third-order valence-electron chi connectivity index (χ3n) is 3.26. The topological polar surface area (TPSA) is 95.7 Å². The molecule has 0 radical (unpaired) electrons. The molecule has 2 aromatic heterocycles. The zero-order chi connectivity index (χ0) is 13.2. The highest BCUT2D eigenvalue weighted by Crippen LogP contribution is 2.38. The molecule has 1 aliphatic carbocycles. The van der Waals surface area contributed by atoms with E-state index in [1.165, 1.54) is 0 Å². The summed E-state index contributed by atoms with van der Waals surface area (Å²) in [6.07, 6.45) is 6.12. The third-order valence-corrected chi connectivity index (χ3v) is 3.26. The predicted octanol–water partition coefficient (Wildman–Crippen LogP) is 1.39. The van der Waals surface area contributed by atoms with Gasteiger partial charge in [-0.3, -0.25) is 0 Å². The predicted molar refractivity (Wildman–Crippen MR) is 67.2 cm³/mol. The SMILES string of the molecule is CCCC(N)c1cn(Cc2nc(C3CC3)no2)nn1. The van der Waals surface area contributed by atoms with Crippen molar-refractivity contribution in [2.24, 2.45) is 5.73 Å². The fourth-order valence-electron chi connectivity index (χ4n) is 2.00. The maximum absolute atomic E-state index is 6.00. The number of rotatable bonds is 6. The van der Waals surface area contributed by atoms with E-state index in [1.54, 1.807) is 4.68 Å². The summed E-state index contributed by atoms with van der Waals surface area (Å²) in [5, 5.41) is 12.1. The average molecular weight is 262 g/mol. The molecule has 0 saturated heterocycles. The van der Waals surface area contributed by atoms with Gasteiger partial charge in [0.2, 0.25) is 5.89 Å². The Balaban J connectivity index is 1.65. The van der Waals surface area contributed by atoms with E-state index in [9.17, 15) is 0 Å². The first-order chi connectivity index (χ1) is 9.26. The molecule has 0 aromatic carbocycles. The van der Waals surface area contributed by atoms with Crippen LogP contribution in [0.25, 0.3) is 0 Å². The van der Waals surface area contributed by atoms with E-state index in [0.29, 0.717) is 18.4 Å². The van der Waals surface area contributed by atoms with Gasteiger partial charge in [-0.15, -0.1) is 5.10 Å². The molecule has 7 heteroatoms. The molecule has 0 bridgehead atoms. The lowest BCUT2D eigenvalue weighted by molar-refractivity contribution is 0.360. The lowest BCUT2D eigenvalue weighted by atomic mass is 10.1. The van der Waals surface area contributed by atoms with Crippen molar-refractivity contribution in [2.75, 3.05) is 0 Å². The van der Waals surface area contributed by atoms with Gasteiger partial charge in [0.05, 0.1) is 17.9 Å². The van der Waals surface area contributed by atoms with Gasteiger partial charge < -0.3 is 10.3 Å². The number of aromatic nitrogens is 5. The summed E-state index contributed by atoms with van der Waals surface area (Å²) < 4.78 is 6.90. The van der Waals surface area contributed by atoms with Crippen LogP contribution >= 0.6 is 0 Å². The van der Waals surface area contributed by atoms with Gasteiger partial charge in [0.1, 0.15) is 6.54 Å². The Labute approximate surface area is 111 Å². The minimum atomic E-state index is -0.0524. The van der Waals surface area contributed by atoms with Crippen LogP contribution in [0.4, 0.5) is 0 Å². The minimum Gasteiger partial charge on any atom is -0.337 e. The smallest absolute Gasteiger partial charge is 0.248 e. The largest absolute Gasteiger partial charge is 0.337 e. The lowest BCUT2D eigenvalue weighted by Gasteiger charge is -2.04. The van der Waals surface area contributed by atoms with Crippen LogP contribution in [0.2, 0.25) is 0 Å². The molecular formula is C12H18N6O. The van der Waals surface area contributed by atoms with E-state index in [1.807, 2.05) is 6.20 Å². The number of hydrogen-bond acceptors (Lipinski definition) is 6. The molecule has 102 valence electrons. The lowest BCUT2D eigenvalue weighted by Crippen LogP contribution is -2.10. The number of nitrogens with zero attached hydrogens (tertiary/aromatic N) is 5. The molecule has 1 aliphatic rings. The number of nitrogens with two attached hydrogens (primary N) is 1. The molecule has 7 nitrogen and oxygen atoms in total. The molecule has 1 atom stereocenters. The van der Waals surface area contributed by atoms with Gasteiger partial charge in [-0.05, 0) is 19.3 Å². The van der Waals surface area contributed by atoms with E-state index >= 15 is 0 Å². The summed E-state index contributed by atoms with van der Waals surface area (Å²) in [7, 11) is 0. The van der Waals surface area contributed by atoms with Crippen molar-refractivity contribution in [2.45, 2.75) is 51.1 Å². The maximum atomic E-state index is 6.00. The second-order valence-electron chi connectivity index (χ2n) is 5.06. The van der Waals surface area contributed by atoms with Crippen molar-refractivity contribution in [3.8, 4) is 0 Å². The maximum Gasteiger partial charge on any atom is 0.248 e. The molecule has 0 spiro atoms. The van der Waals surface area contributed by atoms with E-state index in [0.717, 1.165) is 37.2 Å². The van der Waals surface area contributed by atoms with Gasteiger partial charge in [0.25, 0.3) is 0 Å². The van der Waals surface area contributed by atoms with Crippen LogP contribution in [0.1, 0.15) is 62.0 Å². The second-order valence-corrected chi connectivity index (χ2v) is 5.06. The molecule has 1 saturated carbocycles. The molecule has 1 unspecified atom stereocenters. The van der Waals surface area contributed by atoms with Gasteiger partial charge in [0, 0.05) is 5.92 Å². The van der Waals surface area contributed by atoms with E-state index in [-0.39, 0.29) is 6.04 Å². The Morgan fingerprint density at radius 1 is 1.53 bits per heavy atom. The summed E-state index contributed by atoms with van der Waals surface area (Å²) in [6.45, 7) is 2.55. The fourth-order valence-corrected chi connectivity index (χ4v) is 2.00. The summed E-state index contributed by atoms with van der Waals surface area (Å²) in [6, 6.07) is -0.0524. The molecule has 1 fully saturated rings. The quantitative estimate of drug-likeness (QED) is 0.845. The Bertz CT molecular complexity index is 544. The van der Waals surface area contributed by atoms with Crippen molar-refractivity contribution in [3.63, 3.8) is 0 Å². The molecule has 2 N–H and O–H groups in total. The van der Waals surface area contributed by atoms with Crippen molar-refractivity contribution >= 4 is 0 Å². The van der Waals surface area contributed by atoms with Crippen LogP contribution in [0.3, 0.4) is 0 Å². The van der Waals surface area contributed by atoms with Gasteiger partial charge in [-0.25, -0.2) is 4.68 Å².